The lowest BCUT2D eigenvalue weighted by molar-refractivity contribution is -0.0395. The molecule has 3 N–H and O–H groups in total. The number of guanidine groups is 1. The average molecular weight is 424 g/mol. The van der Waals surface area contributed by atoms with Crippen LogP contribution in [0, 0.1) is 0 Å². The minimum absolute atomic E-state index is 0.0851. The topological polar surface area (TPSA) is 111 Å². The quantitative estimate of drug-likeness (QED) is 0.630. The van der Waals surface area contributed by atoms with Crippen molar-refractivity contribution >= 4 is 46.0 Å². The fraction of sp³-hybridized carbons (Fsp3) is 0.600. The number of aliphatic imine (C=N–C) groups is 1. The maximum absolute atomic E-state index is 12.5. The fourth-order valence-corrected chi connectivity index (χ4v) is 5.04. The molecule has 26 heavy (non-hydrogen) atoms. The average Bonchev–Trinajstić information content (AvgIpc) is 2.85. The maximum atomic E-state index is 12.5. The largest absolute Gasteiger partial charge is 0.444 e. The number of carbonyl (C=O) groups is 1. The van der Waals surface area contributed by atoms with Crippen molar-refractivity contribution in [2.24, 2.45) is 4.99 Å². The zero-order chi connectivity index (χ0) is 19.9. The van der Waals surface area contributed by atoms with Crippen molar-refractivity contribution in [1.82, 2.24) is 9.62 Å². The summed E-state index contributed by atoms with van der Waals surface area (Å²) in [5.41, 5.74) is -1.69. The molecule has 1 aliphatic heterocycles. The first kappa shape index (κ1) is 21.1. The van der Waals surface area contributed by atoms with Crippen LogP contribution in [0.15, 0.2) is 11.1 Å². The van der Waals surface area contributed by atoms with Crippen LogP contribution in [0.1, 0.15) is 43.7 Å². The van der Waals surface area contributed by atoms with Gasteiger partial charge in [-0.1, -0.05) is 11.6 Å². The molecular weight excluding hydrogens is 402 g/mol. The van der Waals surface area contributed by atoms with E-state index in [1.807, 2.05) is 0 Å². The summed E-state index contributed by atoms with van der Waals surface area (Å²) in [6.07, 6.45) is -2.37. The van der Waals surface area contributed by atoms with Gasteiger partial charge < -0.3 is 14.9 Å². The van der Waals surface area contributed by atoms with Gasteiger partial charge in [-0.3, -0.25) is 9.62 Å². The number of aliphatic hydroxyl groups excluding tert-OH is 1. The van der Waals surface area contributed by atoms with Crippen molar-refractivity contribution in [1.29, 1.82) is 0 Å². The van der Waals surface area contributed by atoms with Gasteiger partial charge in [-0.15, -0.1) is 11.3 Å². The number of amides is 1. The molecule has 1 aromatic rings. The summed E-state index contributed by atoms with van der Waals surface area (Å²) in [6, 6.07) is 1.44. The normalized spacial score (nSPS) is 23.8. The summed E-state index contributed by atoms with van der Waals surface area (Å²) < 4.78 is 19.1. The van der Waals surface area contributed by atoms with E-state index in [1.165, 1.54) is 10.4 Å². The Morgan fingerprint density at radius 2 is 2.15 bits per heavy atom. The Kier molecular flexibility index (Phi) is 6.03. The predicted molar refractivity (Wildman–Crippen MR) is 101 cm³/mol. The van der Waals surface area contributed by atoms with E-state index in [9.17, 15) is 19.2 Å². The summed E-state index contributed by atoms with van der Waals surface area (Å²) >= 11 is 7.30. The van der Waals surface area contributed by atoms with Crippen LogP contribution in [0.25, 0.3) is 0 Å². The zero-order valence-electron chi connectivity index (χ0n) is 15.1. The van der Waals surface area contributed by atoms with E-state index in [-0.39, 0.29) is 16.6 Å². The number of ether oxygens (including phenoxy) is 1. The molecule has 0 aromatic carbocycles. The van der Waals surface area contributed by atoms with Crippen molar-refractivity contribution in [2.45, 2.75) is 45.1 Å². The van der Waals surface area contributed by atoms with E-state index in [1.54, 1.807) is 34.7 Å². The smallest absolute Gasteiger partial charge is 0.414 e. The number of nitrogens with one attached hydrogen (secondary N) is 1. The Bertz CT molecular complexity index is 759. The van der Waals surface area contributed by atoms with Gasteiger partial charge in [0.1, 0.15) is 22.1 Å². The number of aliphatic hydroxyl groups is 2. The Labute approximate surface area is 163 Å². The molecule has 8 nitrogen and oxygen atoms in total. The monoisotopic (exact) mass is 423 g/mol. The Hall–Kier alpha value is -1.20. The van der Waals surface area contributed by atoms with Crippen LogP contribution in [0.3, 0.4) is 0 Å². The van der Waals surface area contributed by atoms with E-state index in [2.05, 4.69) is 10.3 Å². The van der Waals surface area contributed by atoms with E-state index < -0.39 is 34.5 Å². The van der Waals surface area contributed by atoms with Gasteiger partial charge in [-0.25, -0.2) is 14.0 Å². The first-order chi connectivity index (χ1) is 11.8. The van der Waals surface area contributed by atoms with Crippen LogP contribution >= 0.6 is 22.9 Å². The number of carbonyl (C=O) groups excluding carboxylic acids is 1. The molecule has 0 saturated carbocycles. The lowest BCUT2D eigenvalue weighted by atomic mass is 10.0. The molecule has 0 saturated heterocycles. The van der Waals surface area contributed by atoms with Crippen molar-refractivity contribution in [3.05, 3.63) is 20.8 Å². The van der Waals surface area contributed by atoms with Crippen molar-refractivity contribution in [2.75, 3.05) is 12.8 Å². The van der Waals surface area contributed by atoms with Gasteiger partial charge >= 0.3 is 6.09 Å². The molecule has 1 aliphatic rings. The van der Waals surface area contributed by atoms with Crippen LogP contribution in [-0.2, 0) is 21.3 Å². The standard InChI is InChI=1S/C15H22ClN3O5S2/c1-14(2,3)24-13(22)17-12-18-15(4,7-26(23)19(12)5)10-8(16)6-9(25-10)11(20)21/h6,11,20-21H,7H2,1-5H3,(H,17,18,22). The van der Waals surface area contributed by atoms with Crippen LogP contribution in [0.4, 0.5) is 4.79 Å². The van der Waals surface area contributed by atoms with Crippen LogP contribution in [0.5, 0.6) is 0 Å². The molecule has 2 heterocycles. The number of halogens is 1. The molecule has 146 valence electrons. The third kappa shape index (κ3) is 4.74. The summed E-state index contributed by atoms with van der Waals surface area (Å²) in [5.74, 6) is 0.214. The SMILES string of the molecule is CN1C(NC(=O)OC(C)(C)C)=NC(C)(c2sc(C(O)O)cc2Cl)CS1=O. The highest BCUT2D eigenvalue weighted by molar-refractivity contribution is 7.83. The van der Waals surface area contributed by atoms with Gasteiger partial charge in [0.25, 0.3) is 0 Å². The highest BCUT2D eigenvalue weighted by Crippen LogP contribution is 2.41. The van der Waals surface area contributed by atoms with Crippen molar-refractivity contribution in [3.63, 3.8) is 0 Å². The predicted octanol–water partition coefficient (Wildman–Crippen LogP) is 2.09. The molecule has 11 heteroatoms. The first-order valence-electron chi connectivity index (χ1n) is 7.70. The molecule has 1 aromatic heterocycles. The number of nitrogens with zero attached hydrogens (tertiary/aromatic N) is 2. The zero-order valence-corrected chi connectivity index (χ0v) is 17.5. The second-order valence-corrected chi connectivity index (χ2v) is 9.97. The van der Waals surface area contributed by atoms with E-state index in [0.717, 1.165) is 11.3 Å². The molecule has 1 amide bonds. The van der Waals surface area contributed by atoms with Gasteiger partial charge in [0.15, 0.2) is 6.29 Å². The fourth-order valence-electron chi connectivity index (χ4n) is 2.27. The second kappa shape index (κ2) is 7.43. The van der Waals surface area contributed by atoms with Gasteiger partial charge in [-0.05, 0) is 33.8 Å². The number of alkyl carbamates (subject to hydrolysis) is 1. The Balaban J connectivity index is 2.38. The minimum atomic E-state index is -1.66. The summed E-state index contributed by atoms with van der Waals surface area (Å²) in [7, 11) is 0.0675. The lowest BCUT2D eigenvalue weighted by Crippen LogP contribution is -2.51. The molecule has 0 fully saturated rings. The maximum Gasteiger partial charge on any atom is 0.414 e. The molecule has 2 atom stereocenters. The Morgan fingerprint density at radius 1 is 1.54 bits per heavy atom. The van der Waals surface area contributed by atoms with Crippen LogP contribution < -0.4 is 5.32 Å². The molecule has 0 aliphatic carbocycles. The molecule has 2 unspecified atom stereocenters. The number of thiophene rings is 1. The Morgan fingerprint density at radius 3 is 2.65 bits per heavy atom. The summed E-state index contributed by atoms with van der Waals surface area (Å²) in [6.45, 7) is 6.91. The van der Waals surface area contributed by atoms with Crippen LogP contribution in [0.2, 0.25) is 5.02 Å². The van der Waals surface area contributed by atoms with E-state index in [0.29, 0.717) is 9.90 Å². The van der Waals surface area contributed by atoms with Crippen molar-refractivity contribution < 1.29 is 24.0 Å². The van der Waals surface area contributed by atoms with E-state index >= 15 is 0 Å². The second-order valence-electron chi connectivity index (χ2n) is 7.00. The number of rotatable bonds is 2. The summed E-state index contributed by atoms with van der Waals surface area (Å²) in [4.78, 5) is 17.4. The number of hydrogen-bond donors (Lipinski definition) is 3. The molecule has 2 rings (SSSR count). The van der Waals surface area contributed by atoms with E-state index in [4.69, 9.17) is 16.3 Å². The van der Waals surface area contributed by atoms with Gasteiger partial charge in [0.2, 0.25) is 5.96 Å². The number of hydrogen-bond acceptors (Lipinski definition) is 7. The van der Waals surface area contributed by atoms with Gasteiger partial charge in [0.05, 0.1) is 20.5 Å². The minimum Gasteiger partial charge on any atom is -0.444 e. The lowest BCUT2D eigenvalue weighted by Gasteiger charge is -2.34. The van der Waals surface area contributed by atoms with Crippen molar-refractivity contribution in [3.8, 4) is 0 Å². The molecule has 0 radical (unpaired) electrons. The third-order valence-corrected chi connectivity index (χ3v) is 6.85. The highest BCUT2D eigenvalue weighted by Gasteiger charge is 2.40. The summed E-state index contributed by atoms with van der Waals surface area (Å²) in [5, 5.41) is 21.5. The first-order valence-corrected chi connectivity index (χ1v) is 10.2. The highest BCUT2D eigenvalue weighted by atomic mass is 35.5. The van der Waals surface area contributed by atoms with Gasteiger partial charge in [0, 0.05) is 7.05 Å². The molecule has 0 spiro atoms. The van der Waals surface area contributed by atoms with Crippen LogP contribution in [-0.4, -0.2) is 49.2 Å². The molecule has 0 bridgehead atoms. The third-order valence-electron chi connectivity index (χ3n) is 3.42. The molecular formula is C15H22ClN3O5S2. The van der Waals surface area contributed by atoms with Gasteiger partial charge in [-0.2, -0.15) is 0 Å².